The van der Waals surface area contributed by atoms with E-state index in [1.165, 1.54) is 11.8 Å². The van der Waals surface area contributed by atoms with Crippen LogP contribution < -0.4 is 5.32 Å². The number of nitrogens with one attached hydrogen (secondary N) is 1. The van der Waals surface area contributed by atoms with Crippen molar-refractivity contribution < 1.29 is 4.79 Å². The number of para-hydroxylation sites is 1. The number of rotatable bonds is 7. The van der Waals surface area contributed by atoms with Crippen LogP contribution in [0.25, 0.3) is 0 Å². The van der Waals surface area contributed by atoms with Crippen molar-refractivity contribution in [2.45, 2.75) is 23.0 Å². The summed E-state index contributed by atoms with van der Waals surface area (Å²) < 4.78 is 1.77. The van der Waals surface area contributed by atoms with Crippen LogP contribution in [0.2, 0.25) is 5.28 Å². The largest absolute Gasteiger partial charge is 0.325 e. The molecule has 4 aromatic rings. The van der Waals surface area contributed by atoms with E-state index in [0.29, 0.717) is 18.1 Å². The summed E-state index contributed by atoms with van der Waals surface area (Å²) in [5, 5.41) is 10.1. The molecule has 0 fully saturated rings. The SMILES string of the molecule is O=C(Cc1cccs1)Nc1ccccc1Sc1nc(Cl)nn1Cc1ccccc1. The quantitative estimate of drug-likeness (QED) is 0.419. The Labute approximate surface area is 181 Å². The van der Waals surface area contributed by atoms with Gasteiger partial charge < -0.3 is 5.32 Å². The molecule has 0 aliphatic carbocycles. The molecule has 4 rings (SSSR count). The molecule has 0 spiro atoms. The summed E-state index contributed by atoms with van der Waals surface area (Å²) in [6.07, 6.45) is 0.354. The van der Waals surface area contributed by atoms with Gasteiger partial charge in [0.15, 0.2) is 5.16 Å². The maximum absolute atomic E-state index is 12.4. The molecule has 0 atom stereocenters. The van der Waals surface area contributed by atoms with Crippen LogP contribution in [0.15, 0.2) is 82.2 Å². The van der Waals surface area contributed by atoms with Crippen LogP contribution in [0.5, 0.6) is 0 Å². The molecule has 2 aromatic heterocycles. The average molecular weight is 441 g/mol. The van der Waals surface area contributed by atoms with Crippen LogP contribution in [0.3, 0.4) is 0 Å². The molecule has 1 N–H and O–H groups in total. The number of hydrogen-bond donors (Lipinski definition) is 1. The minimum absolute atomic E-state index is 0.0516. The van der Waals surface area contributed by atoms with Crippen LogP contribution >= 0.6 is 34.7 Å². The van der Waals surface area contributed by atoms with Gasteiger partial charge in [0.1, 0.15) is 0 Å². The van der Waals surface area contributed by atoms with Crippen LogP contribution in [-0.4, -0.2) is 20.7 Å². The maximum atomic E-state index is 12.4. The number of carbonyl (C=O) groups excluding carboxylic acids is 1. The van der Waals surface area contributed by atoms with Crippen molar-refractivity contribution in [1.29, 1.82) is 0 Å². The Balaban J connectivity index is 1.52. The number of anilines is 1. The minimum Gasteiger partial charge on any atom is -0.325 e. The van der Waals surface area contributed by atoms with Gasteiger partial charge in [-0.05, 0) is 52.5 Å². The van der Waals surface area contributed by atoms with Gasteiger partial charge in [0.05, 0.1) is 18.7 Å². The third-order valence-corrected chi connectivity index (χ3v) is 6.16. The van der Waals surface area contributed by atoms with Gasteiger partial charge in [-0.2, -0.15) is 4.98 Å². The molecule has 0 saturated carbocycles. The van der Waals surface area contributed by atoms with Crippen molar-refractivity contribution in [1.82, 2.24) is 14.8 Å². The van der Waals surface area contributed by atoms with Crippen molar-refractivity contribution in [3.8, 4) is 0 Å². The fourth-order valence-corrected chi connectivity index (χ4v) is 4.60. The highest BCUT2D eigenvalue weighted by molar-refractivity contribution is 7.99. The van der Waals surface area contributed by atoms with Gasteiger partial charge in [0.25, 0.3) is 0 Å². The van der Waals surface area contributed by atoms with Crippen molar-refractivity contribution in [2.24, 2.45) is 0 Å². The van der Waals surface area contributed by atoms with Crippen molar-refractivity contribution in [3.05, 3.63) is 87.8 Å². The normalized spacial score (nSPS) is 10.8. The summed E-state index contributed by atoms with van der Waals surface area (Å²) in [6, 6.07) is 21.6. The molecular weight excluding hydrogens is 424 g/mol. The van der Waals surface area contributed by atoms with Crippen LogP contribution in [0, 0.1) is 0 Å². The van der Waals surface area contributed by atoms with Gasteiger partial charge in [-0.25, -0.2) is 4.68 Å². The highest BCUT2D eigenvalue weighted by Gasteiger charge is 2.14. The van der Waals surface area contributed by atoms with Crippen LogP contribution in [0.4, 0.5) is 5.69 Å². The average Bonchev–Trinajstić information content (AvgIpc) is 3.34. The third kappa shape index (κ3) is 5.26. The molecule has 0 aliphatic heterocycles. The number of halogens is 1. The van der Waals surface area contributed by atoms with Crippen molar-refractivity contribution >= 4 is 46.3 Å². The fraction of sp³-hybridized carbons (Fsp3) is 0.0952. The monoisotopic (exact) mass is 440 g/mol. The van der Waals surface area contributed by atoms with Gasteiger partial charge in [0, 0.05) is 9.77 Å². The number of nitrogens with zero attached hydrogens (tertiary/aromatic N) is 3. The second-order valence-electron chi connectivity index (χ2n) is 6.21. The Morgan fingerprint density at radius 2 is 1.86 bits per heavy atom. The standard InChI is InChI=1S/C21H17ClN4OS2/c22-20-24-21(26(25-20)14-15-7-2-1-3-8-15)29-18-11-5-4-10-17(18)23-19(27)13-16-9-6-12-28-16/h1-12H,13-14H2,(H,23,27). The van der Waals surface area contributed by atoms with Gasteiger partial charge in [-0.1, -0.05) is 48.5 Å². The molecule has 0 unspecified atom stereocenters. The molecule has 5 nitrogen and oxygen atoms in total. The second kappa shape index (κ2) is 9.26. The van der Waals surface area contributed by atoms with Gasteiger partial charge in [-0.3, -0.25) is 4.79 Å². The van der Waals surface area contributed by atoms with Gasteiger partial charge >= 0.3 is 0 Å². The zero-order valence-corrected chi connectivity index (χ0v) is 17.7. The number of amides is 1. The topological polar surface area (TPSA) is 59.8 Å². The lowest BCUT2D eigenvalue weighted by Gasteiger charge is -2.11. The van der Waals surface area contributed by atoms with E-state index in [1.54, 1.807) is 16.0 Å². The molecular formula is C21H17ClN4OS2. The molecule has 146 valence electrons. The molecule has 29 heavy (non-hydrogen) atoms. The van der Waals surface area contributed by atoms with Gasteiger partial charge in [0.2, 0.25) is 11.2 Å². The first-order valence-electron chi connectivity index (χ1n) is 8.91. The third-order valence-electron chi connectivity index (χ3n) is 4.06. The molecule has 8 heteroatoms. The lowest BCUT2D eigenvalue weighted by Crippen LogP contribution is -2.14. The summed E-state index contributed by atoms with van der Waals surface area (Å²) in [6.45, 7) is 0.565. The van der Waals surface area contributed by atoms with E-state index in [9.17, 15) is 4.79 Å². The number of thiophene rings is 1. The van der Waals surface area contributed by atoms with E-state index in [0.717, 1.165) is 21.0 Å². The van der Waals surface area contributed by atoms with Crippen molar-refractivity contribution in [2.75, 3.05) is 5.32 Å². The Morgan fingerprint density at radius 3 is 2.66 bits per heavy atom. The highest BCUT2D eigenvalue weighted by atomic mass is 35.5. The first kappa shape index (κ1) is 19.7. The van der Waals surface area contributed by atoms with E-state index < -0.39 is 0 Å². The number of benzene rings is 2. The molecule has 0 saturated heterocycles. The van der Waals surface area contributed by atoms with Gasteiger partial charge in [-0.15, -0.1) is 16.4 Å². The second-order valence-corrected chi connectivity index (χ2v) is 8.59. The number of aromatic nitrogens is 3. The zero-order chi connectivity index (χ0) is 20.1. The number of carbonyl (C=O) groups is 1. The maximum Gasteiger partial charge on any atom is 0.243 e. The van der Waals surface area contributed by atoms with E-state index in [-0.39, 0.29) is 11.2 Å². The van der Waals surface area contributed by atoms with E-state index >= 15 is 0 Å². The van der Waals surface area contributed by atoms with E-state index in [2.05, 4.69) is 15.4 Å². The Kier molecular flexibility index (Phi) is 6.29. The van der Waals surface area contributed by atoms with Crippen molar-refractivity contribution in [3.63, 3.8) is 0 Å². The molecule has 2 heterocycles. The Bertz CT molecular complexity index is 1100. The molecule has 2 aromatic carbocycles. The summed E-state index contributed by atoms with van der Waals surface area (Å²) in [5.74, 6) is -0.0516. The summed E-state index contributed by atoms with van der Waals surface area (Å²) in [4.78, 5) is 18.7. The van der Waals surface area contributed by atoms with Crippen LogP contribution in [-0.2, 0) is 17.8 Å². The number of hydrogen-bond acceptors (Lipinski definition) is 5. The fourth-order valence-electron chi connectivity index (χ4n) is 2.76. The predicted molar refractivity (Wildman–Crippen MR) is 118 cm³/mol. The lowest BCUT2D eigenvalue weighted by atomic mass is 10.2. The molecule has 1 amide bonds. The Hall–Kier alpha value is -2.61. The molecule has 0 aliphatic rings. The Morgan fingerprint density at radius 1 is 1.07 bits per heavy atom. The zero-order valence-electron chi connectivity index (χ0n) is 15.3. The highest BCUT2D eigenvalue weighted by Crippen LogP contribution is 2.33. The molecule has 0 bridgehead atoms. The predicted octanol–water partition coefficient (Wildman–Crippen LogP) is 5.37. The minimum atomic E-state index is -0.0516. The first-order chi connectivity index (χ1) is 14.2. The smallest absolute Gasteiger partial charge is 0.243 e. The summed E-state index contributed by atoms with van der Waals surface area (Å²) >= 11 is 9.07. The van der Waals surface area contributed by atoms with E-state index in [1.807, 2.05) is 72.1 Å². The summed E-state index contributed by atoms with van der Waals surface area (Å²) in [7, 11) is 0. The lowest BCUT2D eigenvalue weighted by molar-refractivity contribution is -0.115. The van der Waals surface area contributed by atoms with E-state index in [4.69, 9.17) is 11.6 Å². The van der Waals surface area contributed by atoms with Crippen LogP contribution in [0.1, 0.15) is 10.4 Å². The summed E-state index contributed by atoms with van der Waals surface area (Å²) in [5.41, 5.74) is 1.85. The first-order valence-corrected chi connectivity index (χ1v) is 11.0. The molecule has 0 radical (unpaired) electrons.